The lowest BCUT2D eigenvalue weighted by Crippen LogP contribution is -2.03. The van der Waals surface area contributed by atoms with E-state index >= 15 is 0 Å². The summed E-state index contributed by atoms with van der Waals surface area (Å²) in [6.07, 6.45) is 1.59. The van der Waals surface area contributed by atoms with E-state index in [9.17, 15) is 0 Å². The highest BCUT2D eigenvalue weighted by molar-refractivity contribution is 5.85. The SMILES string of the molecule is Cl.NCc1nccc(N)n1. The molecule has 1 aromatic heterocycles. The summed E-state index contributed by atoms with van der Waals surface area (Å²) in [5.74, 6) is 1.04. The van der Waals surface area contributed by atoms with E-state index in [1.807, 2.05) is 0 Å². The van der Waals surface area contributed by atoms with Crippen molar-refractivity contribution in [2.75, 3.05) is 5.73 Å². The highest BCUT2D eigenvalue weighted by Gasteiger charge is 1.89. The fourth-order valence-electron chi connectivity index (χ4n) is 0.513. The van der Waals surface area contributed by atoms with Gasteiger partial charge in [-0.3, -0.25) is 0 Å². The molecule has 0 amide bonds. The molecule has 0 aromatic carbocycles. The monoisotopic (exact) mass is 160 g/mol. The van der Waals surface area contributed by atoms with E-state index in [-0.39, 0.29) is 12.4 Å². The average molecular weight is 161 g/mol. The third-order valence-electron chi connectivity index (χ3n) is 0.910. The maximum Gasteiger partial charge on any atom is 0.144 e. The lowest BCUT2D eigenvalue weighted by Gasteiger charge is -1.93. The standard InChI is InChI=1S/C5H8N4.ClH/c6-3-5-8-2-1-4(7)9-5;/h1-2H,3,6H2,(H2,7,8,9);1H. The number of rotatable bonds is 1. The molecule has 0 bridgehead atoms. The minimum absolute atomic E-state index is 0. The molecule has 56 valence electrons. The number of nitrogen functional groups attached to an aromatic ring is 1. The third kappa shape index (κ3) is 2.16. The van der Waals surface area contributed by atoms with E-state index in [1.165, 1.54) is 0 Å². The lowest BCUT2D eigenvalue weighted by molar-refractivity contribution is 0.913. The van der Waals surface area contributed by atoms with Crippen LogP contribution < -0.4 is 11.5 Å². The molecule has 0 saturated carbocycles. The average Bonchev–Trinajstić information content (AvgIpc) is 1.88. The van der Waals surface area contributed by atoms with Gasteiger partial charge in [-0.1, -0.05) is 0 Å². The van der Waals surface area contributed by atoms with Crippen LogP contribution in [-0.4, -0.2) is 9.97 Å². The van der Waals surface area contributed by atoms with Gasteiger partial charge in [0.15, 0.2) is 0 Å². The van der Waals surface area contributed by atoms with E-state index in [0.29, 0.717) is 18.2 Å². The smallest absolute Gasteiger partial charge is 0.144 e. The molecule has 0 atom stereocenters. The Balaban J connectivity index is 0.000000810. The summed E-state index contributed by atoms with van der Waals surface area (Å²) in [5.41, 5.74) is 10.6. The number of anilines is 1. The van der Waals surface area contributed by atoms with Crippen LogP contribution in [0.25, 0.3) is 0 Å². The zero-order valence-corrected chi connectivity index (χ0v) is 6.14. The Labute approximate surface area is 65.1 Å². The summed E-state index contributed by atoms with van der Waals surface area (Å²) >= 11 is 0. The number of aromatic nitrogens is 2. The molecule has 10 heavy (non-hydrogen) atoms. The summed E-state index contributed by atoms with van der Waals surface area (Å²) in [7, 11) is 0. The molecule has 5 heteroatoms. The van der Waals surface area contributed by atoms with Crippen LogP contribution in [0.4, 0.5) is 5.82 Å². The van der Waals surface area contributed by atoms with Crippen molar-refractivity contribution >= 4 is 18.2 Å². The molecule has 4 nitrogen and oxygen atoms in total. The van der Waals surface area contributed by atoms with Crippen molar-refractivity contribution in [2.45, 2.75) is 6.54 Å². The summed E-state index contributed by atoms with van der Waals surface area (Å²) in [6, 6.07) is 1.62. The number of hydrogen-bond donors (Lipinski definition) is 2. The van der Waals surface area contributed by atoms with Crippen LogP contribution in [0.3, 0.4) is 0 Å². The van der Waals surface area contributed by atoms with Gasteiger partial charge in [-0.25, -0.2) is 9.97 Å². The zero-order chi connectivity index (χ0) is 6.69. The topological polar surface area (TPSA) is 77.8 Å². The van der Waals surface area contributed by atoms with Crippen molar-refractivity contribution in [3.63, 3.8) is 0 Å². The van der Waals surface area contributed by atoms with Gasteiger partial charge in [0.2, 0.25) is 0 Å². The second kappa shape index (κ2) is 4.03. The molecule has 0 fully saturated rings. The second-order valence-corrected chi connectivity index (χ2v) is 1.60. The first-order valence-electron chi connectivity index (χ1n) is 2.60. The van der Waals surface area contributed by atoms with Crippen LogP contribution in [0.5, 0.6) is 0 Å². The summed E-state index contributed by atoms with van der Waals surface area (Å²) in [5, 5.41) is 0. The predicted molar refractivity (Wildman–Crippen MR) is 41.6 cm³/mol. The van der Waals surface area contributed by atoms with Gasteiger partial charge < -0.3 is 11.5 Å². The molecule has 0 aliphatic heterocycles. The predicted octanol–water partition coefficient (Wildman–Crippen LogP) is -0.0607. The number of nitrogens with zero attached hydrogens (tertiary/aromatic N) is 2. The van der Waals surface area contributed by atoms with Gasteiger partial charge >= 0.3 is 0 Å². The minimum atomic E-state index is 0. The highest BCUT2D eigenvalue weighted by atomic mass is 35.5. The number of nitrogens with two attached hydrogens (primary N) is 2. The summed E-state index contributed by atoms with van der Waals surface area (Å²) in [4.78, 5) is 7.68. The molecule has 1 heterocycles. The molecule has 1 aromatic rings. The van der Waals surface area contributed by atoms with Gasteiger partial charge in [-0.2, -0.15) is 0 Å². The van der Waals surface area contributed by atoms with Crippen molar-refractivity contribution in [3.8, 4) is 0 Å². The molecule has 0 aliphatic rings. The molecule has 0 saturated heterocycles. The van der Waals surface area contributed by atoms with Crippen LogP contribution in [0, 0.1) is 0 Å². The van der Waals surface area contributed by atoms with Gasteiger partial charge in [0, 0.05) is 6.20 Å². The number of halogens is 1. The maximum absolute atomic E-state index is 5.33. The maximum atomic E-state index is 5.33. The fraction of sp³-hybridized carbons (Fsp3) is 0.200. The first-order chi connectivity index (χ1) is 4.33. The summed E-state index contributed by atoms with van der Waals surface area (Å²) < 4.78 is 0. The van der Waals surface area contributed by atoms with Crippen LogP contribution >= 0.6 is 12.4 Å². The van der Waals surface area contributed by atoms with Crippen molar-refractivity contribution in [2.24, 2.45) is 5.73 Å². The van der Waals surface area contributed by atoms with Gasteiger partial charge in [-0.05, 0) is 6.07 Å². The Kier molecular flexibility index (Phi) is 3.68. The Hall–Kier alpha value is -0.870. The van der Waals surface area contributed by atoms with E-state index in [1.54, 1.807) is 12.3 Å². The molecule has 0 radical (unpaired) electrons. The highest BCUT2D eigenvalue weighted by Crippen LogP contribution is 1.93. The Bertz CT molecular complexity index is 203. The van der Waals surface area contributed by atoms with E-state index < -0.39 is 0 Å². The second-order valence-electron chi connectivity index (χ2n) is 1.60. The van der Waals surface area contributed by atoms with E-state index in [0.717, 1.165) is 0 Å². The summed E-state index contributed by atoms with van der Waals surface area (Å²) in [6.45, 7) is 0.338. The van der Waals surface area contributed by atoms with Gasteiger partial charge in [0.25, 0.3) is 0 Å². The Morgan fingerprint density at radius 3 is 2.60 bits per heavy atom. The molecule has 4 N–H and O–H groups in total. The molecule has 0 unspecified atom stereocenters. The molecular formula is C5H9ClN4. The molecule has 0 aliphatic carbocycles. The lowest BCUT2D eigenvalue weighted by atomic mass is 10.5. The first kappa shape index (κ1) is 9.13. The minimum Gasteiger partial charge on any atom is -0.384 e. The Morgan fingerprint density at radius 1 is 1.50 bits per heavy atom. The van der Waals surface area contributed by atoms with Crippen LogP contribution in [0.2, 0.25) is 0 Å². The first-order valence-corrected chi connectivity index (χ1v) is 2.60. The number of hydrogen-bond acceptors (Lipinski definition) is 4. The van der Waals surface area contributed by atoms with Crippen LogP contribution in [0.1, 0.15) is 5.82 Å². The third-order valence-corrected chi connectivity index (χ3v) is 0.910. The Morgan fingerprint density at radius 2 is 2.20 bits per heavy atom. The van der Waals surface area contributed by atoms with Crippen LogP contribution in [0.15, 0.2) is 12.3 Å². The van der Waals surface area contributed by atoms with Crippen molar-refractivity contribution in [1.29, 1.82) is 0 Å². The molecule has 1 rings (SSSR count). The van der Waals surface area contributed by atoms with E-state index in [4.69, 9.17) is 11.5 Å². The molecular weight excluding hydrogens is 152 g/mol. The van der Waals surface area contributed by atoms with Gasteiger partial charge in [0.1, 0.15) is 11.6 Å². The van der Waals surface area contributed by atoms with Crippen molar-refractivity contribution in [1.82, 2.24) is 9.97 Å². The van der Waals surface area contributed by atoms with Crippen LogP contribution in [-0.2, 0) is 6.54 Å². The van der Waals surface area contributed by atoms with Crippen molar-refractivity contribution < 1.29 is 0 Å². The molecule has 0 spiro atoms. The quantitative estimate of drug-likeness (QED) is 0.604. The largest absolute Gasteiger partial charge is 0.384 e. The normalized spacial score (nSPS) is 8.50. The van der Waals surface area contributed by atoms with Crippen molar-refractivity contribution in [3.05, 3.63) is 18.1 Å². The van der Waals surface area contributed by atoms with Gasteiger partial charge in [0.05, 0.1) is 6.54 Å². The van der Waals surface area contributed by atoms with E-state index in [2.05, 4.69) is 9.97 Å². The van der Waals surface area contributed by atoms with Gasteiger partial charge in [-0.15, -0.1) is 12.4 Å². The fourth-order valence-corrected chi connectivity index (χ4v) is 0.513. The zero-order valence-electron chi connectivity index (χ0n) is 5.32.